The van der Waals surface area contributed by atoms with Gasteiger partial charge >= 0.3 is 17.9 Å². The molecule has 8 aliphatic heterocycles. The van der Waals surface area contributed by atoms with E-state index in [2.05, 4.69) is 25.4 Å². The summed E-state index contributed by atoms with van der Waals surface area (Å²) in [6.45, 7) is 23.6. The van der Waals surface area contributed by atoms with Crippen LogP contribution in [0.2, 0.25) is 0 Å². The van der Waals surface area contributed by atoms with Gasteiger partial charge in [0.2, 0.25) is 12.2 Å². The molecule has 4 saturated carbocycles. The Labute approximate surface area is 844 Å². The minimum absolute atomic E-state index is 0.0791. The number of carbonyl (C=O) groups excluding carboxylic acids is 4. The van der Waals surface area contributed by atoms with E-state index < -0.39 is 390 Å². The lowest BCUT2D eigenvalue weighted by Gasteiger charge is -2.72. The molecule has 0 aromatic heterocycles. The van der Waals surface area contributed by atoms with Crippen LogP contribution < -0.4 is 5.32 Å². The van der Waals surface area contributed by atoms with Crippen LogP contribution in [0.1, 0.15) is 161 Å². The fourth-order valence-corrected chi connectivity index (χ4v) is 24.8. The molecule has 146 heavy (non-hydrogen) atoms. The number of carbonyl (C=O) groups is 4. The van der Waals surface area contributed by atoms with Crippen LogP contribution in [0.25, 0.3) is 0 Å². The molecule has 26 N–H and O–H groups in total. The first-order chi connectivity index (χ1) is 68.4. The van der Waals surface area contributed by atoms with E-state index >= 15 is 9.59 Å². The highest BCUT2D eigenvalue weighted by Gasteiger charge is 2.75. The lowest BCUT2D eigenvalue weighted by Crippen LogP contribution is -2.71. The van der Waals surface area contributed by atoms with Crippen molar-refractivity contribution < 1.29 is 232 Å². The van der Waals surface area contributed by atoms with E-state index in [4.69, 9.17) is 85.3 Å². The zero-order chi connectivity index (χ0) is 108. The van der Waals surface area contributed by atoms with Crippen molar-refractivity contribution >= 4 is 23.8 Å². The molecule has 48 nitrogen and oxygen atoms in total. The van der Waals surface area contributed by atoms with Crippen molar-refractivity contribution in [2.45, 2.75) is 430 Å². The Kier molecular flexibility index (Phi) is 37.6. The van der Waals surface area contributed by atoms with Gasteiger partial charge in [0.1, 0.15) is 164 Å². The first-order valence-electron chi connectivity index (χ1n) is 50.1. The maximum absolute atomic E-state index is 16.9. The largest absolute Gasteiger partial charge is 0.458 e. The van der Waals surface area contributed by atoms with Crippen molar-refractivity contribution in [1.82, 2.24) is 5.32 Å². The quantitative estimate of drug-likeness (QED) is 0.00922. The third-order valence-corrected chi connectivity index (χ3v) is 33.9. The Hall–Kier alpha value is -5.02. The molecule has 13 aliphatic rings. The van der Waals surface area contributed by atoms with Crippen LogP contribution in [0.4, 0.5) is 0 Å². The molecule has 48 heteroatoms. The molecular formula is C98H155NO47. The number of hydrogen-bond donors (Lipinski definition) is 26. The first kappa shape index (κ1) is 118. The molecule has 10 unspecified atom stereocenters. The number of rotatable bonds is 35. The van der Waals surface area contributed by atoms with Crippen molar-refractivity contribution in [3.8, 4) is 0 Å². The highest BCUT2D eigenvalue weighted by Crippen LogP contribution is 2.76. The van der Waals surface area contributed by atoms with Crippen LogP contribution in [0.15, 0.2) is 60.3 Å². The summed E-state index contributed by atoms with van der Waals surface area (Å²) in [5.41, 5.74) is -10.6. The van der Waals surface area contributed by atoms with E-state index in [9.17, 15) is 137 Å². The van der Waals surface area contributed by atoms with Gasteiger partial charge in [-0.1, -0.05) is 84.4 Å². The minimum atomic E-state index is -2.38. The summed E-state index contributed by atoms with van der Waals surface area (Å²) in [6.07, 6.45) is -64.9. The molecule has 0 radical (unpaired) electrons. The van der Waals surface area contributed by atoms with Gasteiger partial charge in [-0.3, -0.25) is 9.59 Å². The van der Waals surface area contributed by atoms with Gasteiger partial charge < -0.3 is 218 Å². The summed E-state index contributed by atoms with van der Waals surface area (Å²) in [5, 5.41) is 285. The molecule has 5 aliphatic carbocycles. The molecule has 0 aromatic rings. The predicted octanol–water partition coefficient (Wildman–Crippen LogP) is -6.95. The van der Waals surface area contributed by atoms with Gasteiger partial charge in [-0.2, -0.15) is 0 Å². The zero-order valence-corrected chi connectivity index (χ0v) is 84.2. The Balaban J connectivity index is 0.795. The number of nitrogens with one attached hydrogen (secondary N) is 1. The van der Waals surface area contributed by atoms with Gasteiger partial charge in [0.15, 0.2) is 56.2 Å². The summed E-state index contributed by atoms with van der Waals surface area (Å²) >= 11 is 0. The maximum atomic E-state index is 16.9. The highest BCUT2D eigenvalue weighted by molar-refractivity contribution is 5.89. The van der Waals surface area contributed by atoms with E-state index in [1.165, 1.54) is 58.9 Å². The van der Waals surface area contributed by atoms with Crippen molar-refractivity contribution in [3.63, 3.8) is 0 Å². The second-order valence-corrected chi connectivity index (χ2v) is 44.3. The average Bonchev–Trinajstić information content (AvgIpc) is 0.789. The van der Waals surface area contributed by atoms with E-state index in [1.807, 2.05) is 27.7 Å². The lowest BCUT2D eigenvalue weighted by molar-refractivity contribution is -0.390. The fraction of sp³-hybridized carbons (Fsp3) is 0.857. The standard InChI is InChI=1S/C98H155NO47/c1-16-93(11,128)24-18-20-44(33-101)81(126)140-74-40(4)133-87(72(123)68(74)119)146-94(12,17-2)25-19-21-43(32-100)80(125)138-56-31-98(90(127)145-89-78(67(118)61(112)50(35-103)136-89)144-86-73(124)76(142-85-71(122)65(116)60(111)49(34-102)134-85)75(41(5)132-86)141-84-70(121)62(113)51(36-104)135-84)46(29-91(56,7)8)45-28-47(106)79-95(13)26-23-55(92(9,10)53(95)22-27-96(79,14)97(45,15)30-54(98)108)139-82-57(99-42(6)105)64(115)63(114)52(137-82)38-130-88-77(66(117)58(109)39(3)131-88)143-83-69(120)59(110)48(107)37-129-83/h16-17,20-21,28,39-41,46-79,82-89,100-104,106-124,128H,1-2,18-19,22-27,29-38H2,3-15H3,(H,99,105)/b43-21+,44-20+/t39?,40?,41?,46?,47-,48-,49?,50?,51+,52?,53?,54-,55+,56+,57+,58+,59-,60-,61-,62+,63-,64+,65-,66-,67-,68+,69+,70+,71+,72+,73+,74-,75+,76+,77+,78+,79?,82+,83+,84+,85+,86+,87+,88-,89+,93?,94-,95+,96-,97-,98-/m1/s1. The number of esters is 3. The molecule has 8 heterocycles. The monoisotopic (exact) mass is 2100 g/mol. The van der Waals surface area contributed by atoms with Gasteiger partial charge in [0.25, 0.3) is 0 Å². The fourth-order valence-electron chi connectivity index (χ4n) is 24.8. The van der Waals surface area contributed by atoms with Crippen LogP contribution in [-0.2, 0) is 104 Å². The van der Waals surface area contributed by atoms with Crippen molar-refractivity contribution in [3.05, 3.63) is 60.3 Å². The van der Waals surface area contributed by atoms with Crippen LogP contribution in [0.5, 0.6) is 0 Å². The Morgan fingerprint density at radius 1 is 0.479 bits per heavy atom. The van der Waals surface area contributed by atoms with Crippen molar-refractivity contribution in [2.24, 2.45) is 50.2 Å². The third-order valence-electron chi connectivity index (χ3n) is 33.9. The molecule has 13 rings (SSSR count). The normalized spacial score (nSPS) is 48.0. The van der Waals surface area contributed by atoms with Crippen LogP contribution in [-0.4, -0.2) is 467 Å². The zero-order valence-electron chi connectivity index (χ0n) is 84.2. The number of aliphatic hydroxyl groups is 25. The average molecular weight is 2100 g/mol. The SMILES string of the molecule is C=CC(C)(O)CC/C=C(\CO)C(=O)O[C@@H]1C(C)O[C@@H](O[C@](C)(C=C)CC/C=C(\CO)C(=O)O[C@H]2C[C@@]3(C(=O)O[C@@H]4OC(CO)[C@@H](O)[C@@H](O)[C@@H]4O[C@@H]4OC(C)[C@H](O[C@@H]5O[C@@H](CO)[C@H](O)[C@@H]5O)[C@@H](O[C@@H]5OC(CO)[C@@H](O)[C@@H](O)[C@@H]5O)[C@@H]4O)C(CC2(C)C)C2=C[C@@H](O)C4[C@@]5(C)CC[C@H](O[C@@H]6OC(CO[C@@H]7OC(C)[C@H](O)[C@@H](O)[C@@H]7O[C@@H]7OC[C@@H](O)[C@@H](O)[C@@H]7O)[C@@H](O)[C@@H](O)[C@@H]6NC(C)=O)C(C)(C)C5CC[C@@]4(C)[C@]2(C)C[C@H]3O)[C@@H](O)[C@@H]1O. The van der Waals surface area contributed by atoms with Gasteiger partial charge in [-0.15, -0.1) is 13.2 Å². The summed E-state index contributed by atoms with van der Waals surface area (Å²) in [7, 11) is 0. The third kappa shape index (κ3) is 22.9. The number of fused-ring (bicyclic) bond motifs is 7. The number of hydrogen-bond acceptors (Lipinski definition) is 47. The lowest BCUT2D eigenvalue weighted by atomic mass is 9.32. The second kappa shape index (κ2) is 46.6. The van der Waals surface area contributed by atoms with Gasteiger partial charge in [0.05, 0.1) is 105 Å². The van der Waals surface area contributed by atoms with Gasteiger partial charge in [-0.25, -0.2) is 9.59 Å². The molecule has 8 saturated heterocycles. The molecule has 834 valence electrons. The molecule has 1 amide bonds. The number of allylic oxidation sites excluding steroid dienone is 3. The Morgan fingerprint density at radius 3 is 1.58 bits per heavy atom. The Morgan fingerprint density at radius 2 is 0.979 bits per heavy atom. The smallest absolute Gasteiger partial charge is 0.336 e. The minimum Gasteiger partial charge on any atom is -0.458 e. The second-order valence-electron chi connectivity index (χ2n) is 44.3. The predicted molar refractivity (Wildman–Crippen MR) is 491 cm³/mol. The summed E-state index contributed by atoms with van der Waals surface area (Å²) < 4.78 is 110. The molecule has 0 bridgehead atoms. The highest BCUT2D eigenvalue weighted by atomic mass is 16.8. The summed E-state index contributed by atoms with van der Waals surface area (Å²) in [6, 6.07) is -1.43. The molecule has 0 spiro atoms. The Bertz CT molecular complexity index is 4530. The summed E-state index contributed by atoms with van der Waals surface area (Å²) in [5.74, 6) is -6.48. The first-order valence-corrected chi connectivity index (χ1v) is 50.1. The number of amides is 1. The molecule has 0 aromatic carbocycles. The van der Waals surface area contributed by atoms with Crippen molar-refractivity contribution in [1.29, 1.82) is 0 Å². The van der Waals surface area contributed by atoms with Crippen molar-refractivity contribution in [2.75, 3.05) is 46.2 Å². The molecule has 12 fully saturated rings. The maximum Gasteiger partial charge on any atom is 0.336 e. The summed E-state index contributed by atoms with van der Waals surface area (Å²) in [4.78, 5) is 58.5. The van der Waals surface area contributed by atoms with E-state index in [-0.39, 0.29) is 62.0 Å². The van der Waals surface area contributed by atoms with Crippen LogP contribution in [0, 0.1) is 50.2 Å². The van der Waals surface area contributed by atoms with Crippen LogP contribution >= 0.6 is 0 Å². The van der Waals surface area contributed by atoms with Crippen LogP contribution in [0.3, 0.4) is 0 Å². The van der Waals surface area contributed by atoms with Gasteiger partial charge in [-0.05, 0) is 132 Å². The topological polar surface area (TPSA) is 752 Å². The number of ether oxygens (including phenoxy) is 18. The number of aliphatic hydroxyl groups excluding tert-OH is 24. The molecular weight excluding hydrogens is 1940 g/mol. The van der Waals surface area contributed by atoms with E-state index in [1.54, 1.807) is 26.8 Å². The van der Waals surface area contributed by atoms with E-state index in [0.717, 1.165) is 0 Å². The molecule has 51 atom stereocenters. The van der Waals surface area contributed by atoms with Gasteiger partial charge in [0, 0.05) is 24.7 Å². The van der Waals surface area contributed by atoms with E-state index in [0.29, 0.717) is 24.8 Å².